The fourth-order valence-corrected chi connectivity index (χ4v) is 3.51. The second-order valence-electron chi connectivity index (χ2n) is 7.96. The van der Waals surface area contributed by atoms with E-state index in [0.717, 1.165) is 5.69 Å². The fraction of sp³-hybridized carbons (Fsp3) is 0.360. The molecule has 0 aliphatic heterocycles. The van der Waals surface area contributed by atoms with Crippen molar-refractivity contribution in [3.63, 3.8) is 0 Å². The van der Waals surface area contributed by atoms with E-state index in [2.05, 4.69) is 5.32 Å². The lowest BCUT2D eigenvalue weighted by atomic mass is 10.2. The maximum absolute atomic E-state index is 13.4. The van der Waals surface area contributed by atoms with Crippen LogP contribution in [0.2, 0.25) is 0 Å². The van der Waals surface area contributed by atoms with Crippen LogP contribution >= 0.6 is 0 Å². The molecule has 0 aliphatic carbocycles. The van der Waals surface area contributed by atoms with Crippen LogP contribution in [0, 0.1) is 0 Å². The van der Waals surface area contributed by atoms with Gasteiger partial charge < -0.3 is 28.8 Å². The van der Waals surface area contributed by atoms with Gasteiger partial charge >= 0.3 is 6.03 Å². The molecule has 33 heavy (non-hydrogen) atoms. The molecule has 0 saturated carbocycles. The number of nitrogens with zero attached hydrogens (tertiary/aromatic N) is 3. The zero-order chi connectivity index (χ0) is 23.8. The third-order valence-electron chi connectivity index (χ3n) is 5.72. The molecule has 0 bridgehead atoms. The highest BCUT2D eigenvalue weighted by Crippen LogP contribution is 2.24. The van der Waals surface area contributed by atoms with Crippen molar-refractivity contribution in [1.82, 2.24) is 14.4 Å². The second kappa shape index (κ2) is 11.3. The Hall–Kier alpha value is -3.68. The molecule has 3 rings (SSSR count). The van der Waals surface area contributed by atoms with E-state index in [4.69, 9.17) is 9.15 Å². The minimum absolute atomic E-state index is 0.0544. The van der Waals surface area contributed by atoms with Gasteiger partial charge in [-0.25, -0.2) is 4.79 Å². The van der Waals surface area contributed by atoms with Gasteiger partial charge in [-0.2, -0.15) is 0 Å². The summed E-state index contributed by atoms with van der Waals surface area (Å²) in [6.07, 6.45) is 4.24. The topological polar surface area (TPSA) is 80.0 Å². The third-order valence-corrected chi connectivity index (χ3v) is 5.72. The number of carbonyl (C=O) groups is 2. The minimum Gasteiger partial charge on any atom is -0.495 e. The average molecular weight is 453 g/mol. The van der Waals surface area contributed by atoms with Gasteiger partial charge in [-0.15, -0.1) is 0 Å². The van der Waals surface area contributed by atoms with Gasteiger partial charge in [0.1, 0.15) is 18.1 Å². The maximum atomic E-state index is 13.4. The van der Waals surface area contributed by atoms with Gasteiger partial charge in [-0.1, -0.05) is 19.1 Å². The Balaban J connectivity index is 1.79. The van der Waals surface area contributed by atoms with E-state index in [1.807, 2.05) is 62.0 Å². The molecule has 3 aromatic rings. The van der Waals surface area contributed by atoms with Gasteiger partial charge in [0.05, 0.1) is 32.1 Å². The molecular weight excluding hydrogens is 420 g/mol. The number of hydrogen-bond donors (Lipinski definition) is 1. The predicted molar refractivity (Wildman–Crippen MR) is 127 cm³/mol. The van der Waals surface area contributed by atoms with Crippen molar-refractivity contribution in [2.24, 2.45) is 7.05 Å². The van der Waals surface area contributed by atoms with Crippen LogP contribution in [0.25, 0.3) is 0 Å². The van der Waals surface area contributed by atoms with Crippen LogP contribution in [0.15, 0.2) is 65.4 Å². The Kier molecular flexibility index (Phi) is 8.18. The van der Waals surface area contributed by atoms with Gasteiger partial charge in [-0.3, -0.25) is 4.79 Å². The molecule has 0 aliphatic rings. The van der Waals surface area contributed by atoms with E-state index in [1.165, 1.54) is 0 Å². The number of urea groups is 1. The molecular formula is C25H32N4O4. The summed E-state index contributed by atoms with van der Waals surface area (Å²) >= 11 is 0. The summed E-state index contributed by atoms with van der Waals surface area (Å²) in [6.45, 7) is 4.60. The number of rotatable bonds is 10. The smallest absolute Gasteiger partial charge is 0.322 e. The van der Waals surface area contributed by atoms with Gasteiger partial charge in [0.15, 0.2) is 0 Å². The van der Waals surface area contributed by atoms with Gasteiger partial charge in [0.25, 0.3) is 0 Å². The fourth-order valence-electron chi connectivity index (χ4n) is 3.51. The highest BCUT2D eigenvalue weighted by Gasteiger charge is 2.26. The van der Waals surface area contributed by atoms with E-state index >= 15 is 0 Å². The summed E-state index contributed by atoms with van der Waals surface area (Å²) < 4.78 is 12.8. The van der Waals surface area contributed by atoms with Crippen molar-refractivity contribution in [3.8, 4) is 5.75 Å². The normalized spacial score (nSPS) is 11.6. The van der Waals surface area contributed by atoms with Crippen molar-refractivity contribution in [3.05, 3.63) is 72.4 Å². The number of para-hydroxylation sites is 2. The highest BCUT2D eigenvalue weighted by molar-refractivity contribution is 5.93. The van der Waals surface area contributed by atoms with Crippen LogP contribution in [0.4, 0.5) is 10.5 Å². The van der Waals surface area contributed by atoms with Crippen LogP contribution in [-0.2, 0) is 24.9 Å². The molecule has 1 atom stereocenters. The number of furan rings is 1. The van der Waals surface area contributed by atoms with Crippen molar-refractivity contribution in [2.45, 2.75) is 39.4 Å². The van der Waals surface area contributed by atoms with Crippen LogP contribution in [-0.4, -0.2) is 46.0 Å². The SMILES string of the molecule is CCC(C)N(CC(=O)N(Cc1ccco1)Cc1cccn1C)C(=O)Nc1ccccc1OC. The minimum atomic E-state index is -0.348. The first-order valence-electron chi connectivity index (χ1n) is 11.0. The lowest BCUT2D eigenvalue weighted by Crippen LogP contribution is -2.48. The number of anilines is 1. The lowest BCUT2D eigenvalue weighted by Gasteiger charge is -2.31. The maximum Gasteiger partial charge on any atom is 0.322 e. The number of aromatic nitrogens is 1. The van der Waals surface area contributed by atoms with Crippen LogP contribution < -0.4 is 10.1 Å². The summed E-state index contributed by atoms with van der Waals surface area (Å²) in [7, 11) is 3.49. The van der Waals surface area contributed by atoms with Crippen LogP contribution in [0.1, 0.15) is 31.7 Å². The summed E-state index contributed by atoms with van der Waals surface area (Å²) in [4.78, 5) is 29.9. The summed E-state index contributed by atoms with van der Waals surface area (Å²) in [5, 5.41) is 2.89. The predicted octanol–water partition coefficient (Wildman–Crippen LogP) is 4.49. The Morgan fingerprint density at radius 1 is 1.12 bits per heavy atom. The Morgan fingerprint density at radius 3 is 2.55 bits per heavy atom. The van der Waals surface area contributed by atoms with Crippen molar-refractivity contribution < 1.29 is 18.7 Å². The molecule has 0 fully saturated rings. The van der Waals surface area contributed by atoms with Gasteiger partial charge in [0.2, 0.25) is 5.91 Å². The van der Waals surface area contributed by atoms with Crippen LogP contribution in [0.5, 0.6) is 5.75 Å². The number of carbonyl (C=O) groups excluding carboxylic acids is 2. The van der Waals surface area contributed by atoms with E-state index < -0.39 is 0 Å². The summed E-state index contributed by atoms with van der Waals surface area (Å²) in [5.41, 5.74) is 1.55. The molecule has 1 unspecified atom stereocenters. The van der Waals surface area contributed by atoms with E-state index in [9.17, 15) is 9.59 Å². The molecule has 3 amide bonds. The largest absolute Gasteiger partial charge is 0.495 e. The zero-order valence-electron chi connectivity index (χ0n) is 19.7. The number of benzene rings is 1. The summed E-state index contributed by atoms with van der Waals surface area (Å²) in [6, 6.07) is 14.3. The molecule has 176 valence electrons. The van der Waals surface area contributed by atoms with Gasteiger partial charge in [0, 0.05) is 25.0 Å². The van der Waals surface area contributed by atoms with E-state index in [0.29, 0.717) is 36.7 Å². The third kappa shape index (κ3) is 6.19. The standard InChI is InChI=1S/C25H32N4O4/c1-5-19(2)29(25(31)26-22-12-6-7-13-23(22)32-4)18-24(30)28(17-21-11-9-15-33-21)16-20-10-8-14-27(20)3/h6-15,19H,5,16-18H2,1-4H3,(H,26,31). The first kappa shape index (κ1) is 24.0. The van der Waals surface area contributed by atoms with Crippen LogP contribution in [0.3, 0.4) is 0 Å². The summed E-state index contributed by atoms with van der Waals surface area (Å²) in [5.74, 6) is 1.08. The second-order valence-corrected chi connectivity index (χ2v) is 7.96. The first-order valence-corrected chi connectivity index (χ1v) is 11.0. The quantitative estimate of drug-likeness (QED) is 0.492. The van der Waals surface area contributed by atoms with E-state index in [-0.39, 0.29) is 24.5 Å². The number of amides is 3. The average Bonchev–Trinajstić information content (AvgIpc) is 3.48. The first-order chi connectivity index (χ1) is 15.9. The molecule has 0 radical (unpaired) electrons. The van der Waals surface area contributed by atoms with Crippen molar-refractivity contribution in [2.75, 3.05) is 19.0 Å². The van der Waals surface area contributed by atoms with Crippen molar-refractivity contribution >= 4 is 17.6 Å². The number of aryl methyl sites for hydroxylation is 1. The number of hydrogen-bond acceptors (Lipinski definition) is 4. The Bertz CT molecular complexity index is 1040. The molecule has 2 heterocycles. The zero-order valence-corrected chi connectivity index (χ0v) is 19.7. The highest BCUT2D eigenvalue weighted by atomic mass is 16.5. The molecule has 1 aromatic carbocycles. The van der Waals surface area contributed by atoms with Crippen molar-refractivity contribution in [1.29, 1.82) is 0 Å². The molecule has 2 aromatic heterocycles. The van der Waals surface area contributed by atoms with E-state index in [1.54, 1.807) is 41.4 Å². The van der Waals surface area contributed by atoms with Gasteiger partial charge in [-0.05, 0) is 49.7 Å². The monoisotopic (exact) mass is 452 g/mol. The molecule has 8 heteroatoms. The molecule has 8 nitrogen and oxygen atoms in total. The molecule has 1 N–H and O–H groups in total. The Morgan fingerprint density at radius 2 is 1.91 bits per heavy atom. The lowest BCUT2D eigenvalue weighted by molar-refractivity contribution is -0.133. The molecule has 0 spiro atoms. The number of nitrogens with one attached hydrogen (secondary N) is 1. The number of methoxy groups -OCH3 is 1. The Labute approximate surface area is 194 Å². The molecule has 0 saturated heterocycles. The number of ether oxygens (including phenoxy) is 1.